The molecule has 1 aromatic heterocycles. The molecule has 8 nitrogen and oxygen atoms in total. The first-order chi connectivity index (χ1) is 13.2. The summed E-state index contributed by atoms with van der Waals surface area (Å²) in [5, 5.41) is 8.98. The van der Waals surface area contributed by atoms with E-state index in [4.69, 9.17) is 5.11 Å². The van der Waals surface area contributed by atoms with Gasteiger partial charge in [0.2, 0.25) is 10.0 Å². The van der Waals surface area contributed by atoms with Crippen LogP contribution in [0.1, 0.15) is 36.2 Å². The number of aliphatic carboxylic acids is 1. The number of carboxylic acid groups (broad SMARTS) is 1. The summed E-state index contributed by atoms with van der Waals surface area (Å²) in [5.41, 5.74) is 2.08. The highest BCUT2D eigenvalue weighted by atomic mass is 32.2. The molecule has 150 valence electrons. The topological polar surface area (TPSA) is 104 Å². The van der Waals surface area contributed by atoms with Crippen molar-refractivity contribution >= 4 is 21.8 Å². The van der Waals surface area contributed by atoms with Crippen LogP contribution in [0.3, 0.4) is 0 Å². The SMILES string of the molecule is C[C@H](CC(=O)O)c1nccc(N2CCc3ccc(S(=O)(=O)N(C)C)cc3C2)n1. The van der Waals surface area contributed by atoms with E-state index in [2.05, 4.69) is 14.9 Å². The number of hydrogen-bond donors (Lipinski definition) is 1. The molecule has 1 aliphatic rings. The van der Waals surface area contributed by atoms with Crippen LogP contribution in [-0.2, 0) is 27.8 Å². The smallest absolute Gasteiger partial charge is 0.304 e. The van der Waals surface area contributed by atoms with Crippen molar-refractivity contribution in [3.63, 3.8) is 0 Å². The van der Waals surface area contributed by atoms with Crippen molar-refractivity contribution in [1.82, 2.24) is 14.3 Å². The first-order valence-corrected chi connectivity index (χ1v) is 10.5. The summed E-state index contributed by atoms with van der Waals surface area (Å²) in [6, 6.07) is 7.05. The van der Waals surface area contributed by atoms with E-state index >= 15 is 0 Å². The lowest BCUT2D eigenvalue weighted by molar-refractivity contribution is -0.137. The lowest BCUT2D eigenvalue weighted by Gasteiger charge is -2.30. The van der Waals surface area contributed by atoms with Crippen LogP contribution in [0.2, 0.25) is 0 Å². The fourth-order valence-corrected chi connectivity index (χ4v) is 4.18. The molecule has 0 saturated carbocycles. The van der Waals surface area contributed by atoms with Crippen molar-refractivity contribution in [2.45, 2.75) is 37.1 Å². The average Bonchev–Trinajstić information content (AvgIpc) is 2.66. The van der Waals surface area contributed by atoms with Crippen molar-refractivity contribution in [1.29, 1.82) is 0 Å². The van der Waals surface area contributed by atoms with Gasteiger partial charge in [0.05, 0.1) is 11.3 Å². The van der Waals surface area contributed by atoms with Gasteiger partial charge in [-0.3, -0.25) is 4.79 Å². The van der Waals surface area contributed by atoms with Gasteiger partial charge in [0, 0.05) is 39.3 Å². The molecule has 1 atom stereocenters. The lowest BCUT2D eigenvalue weighted by atomic mass is 10.00. The third-order valence-corrected chi connectivity index (χ3v) is 6.68. The second-order valence-corrected chi connectivity index (χ2v) is 9.31. The molecule has 1 N–H and O–H groups in total. The number of anilines is 1. The molecule has 1 aliphatic heterocycles. The van der Waals surface area contributed by atoms with Crippen LogP contribution in [-0.4, -0.2) is 54.4 Å². The number of nitrogens with zero attached hydrogens (tertiary/aromatic N) is 4. The Bertz CT molecular complexity index is 991. The molecule has 28 heavy (non-hydrogen) atoms. The number of carboxylic acids is 1. The number of hydrogen-bond acceptors (Lipinski definition) is 6. The van der Waals surface area contributed by atoms with Crippen LogP contribution in [0.25, 0.3) is 0 Å². The molecule has 0 fully saturated rings. The van der Waals surface area contributed by atoms with E-state index in [0.717, 1.165) is 24.1 Å². The fourth-order valence-electron chi connectivity index (χ4n) is 3.23. The van der Waals surface area contributed by atoms with Gasteiger partial charge in [0.25, 0.3) is 0 Å². The van der Waals surface area contributed by atoms with Crippen molar-refractivity contribution in [3.8, 4) is 0 Å². The molecule has 0 saturated heterocycles. The number of aromatic nitrogens is 2. The van der Waals surface area contributed by atoms with Crippen LogP contribution in [0.15, 0.2) is 35.4 Å². The van der Waals surface area contributed by atoms with Gasteiger partial charge in [-0.05, 0) is 35.7 Å². The van der Waals surface area contributed by atoms with Gasteiger partial charge >= 0.3 is 5.97 Å². The predicted molar refractivity (Wildman–Crippen MR) is 105 cm³/mol. The molecule has 0 bridgehead atoms. The molecule has 0 aliphatic carbocycles. The second-order valence-electron chi connectivity index (χ2n) is 7.16. The Labute approximate surface area is 164 Å². The largest absolute Gasteiger partial charge is 0.481 e. The zero-order valence-corrected chi connectivity index (χ0v) is 17.0. The molecule has 2 heterocycles. The van der Waals surface area contributed by atoms with Crippen LogP contribution in [0, 0.1) is 0 Å². The lowest BCUT2D eigenvalue weighted by Crippen LogP contribution is -2.32. The standard InChI is InChI=1S/C19H24N4O4S/c1-13(10-18(24)25)19-20-8-6-17(21-19)23-9-7-14-4-5-16(11-15(14)12-23)28(26,27)22(2)3/h4-6,8,11,13H,7,9-10,12H2,1-3H3,(H,24,25)/t13-/m1/s1. The van der Waals surface area contributed by atoms with Gasteiger partial charge < -0.3 is 10.0 Å². The van der Waals surface area contributed by atoms with Crippen molar-refractivity contribution in [2.75, 3.05) is 25.5 Å². The molecular formula is C19H24N4O4S. The molecular weight excluding hydrogens is 380 g/mol. The minimum atomic E-state index is -3.49. The maximum absolute atomic E-state index is 12.4. The van der Waals surface area contributed by atoms with Crippen LogP contribution in [0.4, 0.5) is 5.82 Å². The van der Waals surface area contributed by atoms with E-state index in [1.807, 2.05) is 6.07 Å². The van der Waals surface area contributed by atoms with E-state index in [1.165, 1.54) is 18.4 Å². The molecule has 2 aromatic rings. The number of fused-ring (bicyclic) bond motifs is 1. The summed E-state index contributed by atoms with van der Waals surface area (Å²) >= 11 is 0. The third kappa shape index (κ3) is 4.15. The van der Waals surface area contributed by atoms with Gasteiger partial charge in [-0.2, -0.15) is 0 Å². The number of benzene rings is 1. The Morgan fingerprint density at radius 3 is 2.71 bits per heavy atom. The molecule has 3 rings (SSSR count). The highest BCUT2D eigenvalue weighted by Gasteiger charge is 2.23. The van der Waals surface area contributed by atoms with E-state index in [0.29, 0.717) is 18.2 Å². The molecule has 0 spiro atoms. The quantitative estimate of drug-likeness (QED) is 0.784. The average molecular weight is 404 g/mol. The highest BCUT2D eigenvalue weighted by molar-refractivity contribution is 7.89. The molecule has 0 amide bonds. The fraction of sp³-hybridized carbons (Fsp3) is 0.421. The molecule has 0 radical (unpaired) electrons. The number of carbonyl (C=O) groups is 1. The minimum Gasteiger partial charge on any atom is -0.481 e. The summed E-state index contributed by atoms with van der Waals surface area (Å²) in [4.78, 5) is 22.0. The predicted octanol–water partition coefficient (Wildman–Crippen LogP) is 1.87. The number of rotatable bonds is 6. The summed E-state index contributed by atoms with van der Waals surface area (Å²) in [6.07, 6.45) is 2.39. The van der Waals surface area contributed by atoms with E-state index in [-0.39, 0.29) is 17.2 Å². The van der Waals surface area contributed by atoms with Crippen LogP contribution >= 0.6 is 0 Å². The molecule has 1 aromatic carbocycles. The van der Waals surface area contributed by atoms with Crippen LogP contribution < -0.4 is 4.90 Å². The monoisotopic (exact) mass is 404 g/mol. The van der Waals surface area contributed by atoms with Gasteiger partial charge in [-0.1, -0.05) is 13.0 Å². The number of sulfonamides is 1. The van der Waals surface area contributed by atoms with Gasteiger partial charge in [0.15, 0.2) is 0 Å². The zero-order valence-electron chi connectivity index (χ0n) is 16.2. The Balaban J connectivity index is 1.86. The molecule has 9 heteroatoms. The maximum atomic E-state index is 12.4. The Morgan fingerprint density at radius 1 is 1.29 bits per heavy atom. The molecule has 0 unspecified atom stereocenters. The summed E-state index contributed by atoms with van der Waals surface area (Å²) in [7, 11) is -0.457. The Kier molecular flexibility index (Phi) is 5.66. The normalized spacial score (nSPS) is 15.4. The summed E-state index contributed by atoms with van der Waals surface area (Å²) in [6.45, 7) is 3.07. The highest BCUT2D eigenvalue weighted by Crippen LogP contribution is 2.27. The maximum Gasteiger partial charge on any atom is 0.304 e. The zero-order chi connectivity index (χ0) is 20.5. The van der Waals surface area contributed by atoms with Crippen LogP contribution in [0.5, 0.6) is 0 Å². The summed E-state index contributed by atoms with van der Waals surface area (Å²) in [5.74, 6) is 0.0396. The van der Waals surface area contributed by atoms with Gasteiger partial charge in [-0.25, -0.2) is 22.7 Å². The van der Waals surface area contributed by atoms with Crippen molar-refractivity contribution in [3.05, 3.63) is 47.4 Å². The van der Waals surface area contributed by atoms with E-state index < -0.39 is 16.0 Å². The second kappa shape index (κ2) is 7.84. The van der Waals surface area contributed by atoms with Crippen molar-refractivity contribution in [2.24, 2.45) is 0 Å². The van der Waals surface area contributed by atoms with E-state index in [1.54, 1.807) is 31.3 Å². The van der Waals surface area contributed by atoms with Gasteiger partial charge in [-0.15, -0.1) is 0 Å². The first kappa shape index (κ1) is 20.2. The summed E-state index contributed by atoms with van der Waals surface area (Å²) < 4.78 is 26.0. The first-order valence-electron chi connectivity index (χ1n) is 9.02. The van der Waals surface area contributed by atoms with Crippen molar-refractivity contribution < 1.29 is 18.3 Å². The minimum absolute atomic E-state index is 0.0297. The Morgan fingerprint density at radius 2 is 2.04 bits per heavy atom. The Hall–Kier alpha value is -2.52. The third-order valence-electron chi connectivity index (χ3n) is 4.87. The van der Waals surface area contributed by atoms with Gasteiger partial charge in [0.1, 0.15) is 11.6 Å². The van der Waals surface area contributed by atoms with E-state index in [9.17, 15) is 13.2 Å².